The summed E-state index contributed by atoms with van der Waals surface area (Å²) in [5.74, 6) is -0.883. The van der Waals surface area contributed by atoms with Crippen LogP contribution in [-0.2, 0) is 11.2 Å². The fraction of sp³-hybridized carbons (Fsp3) is 0.0714. The summed E-state index contributed by atoms with van der Waals surface area (Å²) in [5.41, 5.74) is 6.58. The normalized spacial score (nSPS) is 10.2. The number of amides is 2. The van der Waals surface area contributed by atoms with E-state index in [1.54, 1.807) is 24.3 Å². The van der Waals surface area contributed by atoms with Crippen LogP contribution in [0.4, 0.5) is 5.69 Å². The number of nitrogens with two attached hydrogens (primary N) is 1. The van der Waals surface area contributed by atoms with Crippen LogP contribution in [0.15, 0.2) is 36.5 Å². The molecule has 0 aliphatic carbocycles. The van der Waals surface area contributed by atoms with E-state index in [1.807, 2.05) is 0 Å². The van der Waals surface area contributed by atoms with Crippen molar-refractivity contribution in [3.05, 3.63) is 57.8 Å². The third-order valence-electron chi connectivity index (χ3n) is 2.69. The van der Waals surface area contributed by atoms with E-state index in [9.17, 15) is 9.59 Å². The van der Waals surface area contributed by atoms with Crippen LogP contribution in [0.1, 0.15) is 15.9 Å². The van der Waals surface area contributed by atoms with Crippen molar-refractivity contribution < 1.29 is 9.59 Å². The van der Waals surface area contributed by atoms with E-state index < -0.39 is 11.8 Å². The number of para-hydroxylation sites is 1. The second kappa shape index (κ2) is 6.56. The van der Waals surface area contributed by atoms with Crippen molar-refractivity contribution in [1.29, 1.82) is 0 Å². The number of nitrogens with zero attached hydrogens (tertiary/aromatic N) is 1. The molecule has 7 heteroatoms. The maximum absolute atomic E-state index is 12.1. The molecule has 0 unspecified atom stereocenters. The van der Waals surface area contributed by atoms with Gasteiger partial charge in [0.2, 0.25) is 5.91 Å². The Kier molecular flexibility index (Phi) is 4.77. The van der Waals surface area contributed by atoms with E-state index in [2.05, 4.69) is 10.3 Å². The second-order valence-corrected chi connectivity index (χ2v) is 5.02. The molecule has 0 radical (unpaired) electrons. The monoisotopic (exact) mass is 323 g/mol. The second-order valence-electron chi connectivity index (χ2n) is 4.25. The van der Waals surface area contributed by atoms with Gasteiger partial charge in [-0.3, -0.25) is 9.59 Å². The maximum atomic E-state index is 12.1. The molecule has 3 N–H and O–H groups in total. The predicted octanol–water partition coefficient (Wildman–Crippen LogP) is 2.67. The van der Waals surface area contributed by atoms with Crippen molar-refractivity contribution >= 4 is 40.7 Å². The zero-order chi connectivity index (χ0) is 15.4. The van der Waals surface area contributed by atoms with Gasteiger partial charge in [-0.25, -0.2) is 4.98 Å². The van der Waals surface area contributed by atoms with Crippen molar-refractivity contribution in [2.24, 2.45) is 5.73 Å². The standard InChI is InChI=1S/C14H11Cl2N3O2/c15-10-5-9(7-18-13(10)16)14(21)19-11-4-2-1-3-8(11)6-12(17)20/h1-5,7H,6H2,(H2,17,20)(H,19,21). The smallest absolute Gasteiger partial charge is 0.257 e. The van der Waals surface area contributed by atoms with Gasteiger partial charge in [-0.1, -0.05) is 41.4 Å². The Hall–Kier alpha value is -2.11. The Morgan fingerprint density at radius 3 is 2.62 bits per heavy atom. The van der Waals surface area contributed by atoms with Crippen LogP contribution in [0.3, 0.4) is 0 Å². The Morgan fingerprint density at radius 2 is 1.95 bits per heavy atom. The van der Waals surface area contributed by atoms with Gasteiger partial charge in [0.05, 0.1) is 17.0 Å². The quantitative estimate of drug-likeness (QED) is 0.848. The largest absolute Gasteiger partial charge is 0.369 e. The van der Waals surface area contributed by atoms with Gasteiger partial charge in [0, 0.05) is 11.9 Å². The molecule has 1 aromatic carbocycles. The topological polar surface area (TPSA) is 85.1 Å². The molecule has 2 amide bonds. The van der Waals surface area contributed by atoms with Crippen LogP contribution >= 0.6 is 23.2 Å². The molecule has 0 aliphatic heterocycles. The number of hydrogen-bond donors (Lipinski definition) is 2. The van der Waals surface area contributed by atoms with Crippen molar-refractivity contribution in [2.45, 2.75) is 6.42 Å². The molecule has 0 bridgehead atoms. The first kappa shape index (κ1) is 15.3. The molecule has 0 spiro atoms. The number of hydrogen-bond acceptors (Lipinski definition) is 3. The SMILES string of the molecule is NC(=O)Cc1ccccc1NC(=O)c1cnc(Cl)c(Cl)c1. The number of rotatable bonds is 4. The van der Waals surface area contributed by atoms with E-state index in [0.717, 1.165) is 0 Å². The van der Waals surface area contributed by atoms with Crippen LogP contribution in [0.5, 0.6) is 0 Å². The number of halogens is 2. The Labute approximate surface area is 131 Å². The van der Waals surface area contributed by atoms with E-state index >= 15 is 0 Å². The van der Waals surface area contributed by atoms with E-state index in [4.69, 9.17) is 28.9 Å². The number of anilines is 1. The molecule has 0 saturated heterocycles. The minimum atomic E-state index is -0.479. The first-order valence-corrected chi connectivity index (χ1v) is 6.71. The minimum absolute atomic E-state index is 0.0378. The maximum Gasteiger partial charge on any atom is 0.257 e. The average molecular weight is 324 g/mol. The third kappa shape index (κ3) is 3.93. The zero-order valence-corrected chi connectivity index (χ0v) is 12.3. The van der Waals surface area contributed by atoms with E-state index in [1.165, 1.54) is 12.3 Å². The number of carbonyl (C=O) groups excluding carboxylic acids is 2. The van der Waals surface area contributed by atoms with Crippen LogP contribution in [0.25, 0.3) is 0 Å². The lowest BCUT2D eigenvalue weighted by molar-refractivity contribution is -0.117. The highest BCUT2D eigenvalue weighted by atomic mass is 35.5. The Morgan fingerprint density at radius 1 is 1.24 bits per heavy atom. The number of primary amides is 1. The van der Waals surface area contributed by atoms with Gasteiger partial charge >= 0.3 is 0 Å². The molecule has 0 fully saturated rings. The van der Waals surface area contributed by atoms with E-state index in [0.29, 0.717) is 11.3 Å². The molecule has 0 aliphatic rings. The van der Waals surface area contributed by atoms with Crippen molar-refractivity contribution in [1.82, 2.24) is 4.98 Å². The lowest BCUT2D eigenvalue weighted by Gasteiger charge is -2.10. The third-order valence-corrected chi connectivity index (χ3v) is 3.37. The lowest BCUT2D eigenvalue weighted by atomic mass is 10.1. The predicted molar refractivity (Wildman–Crippen MR) is 81.6 cm³/mol. The molecule has 108 valence electrons. The van der Waals surface area contributed by atoms with Gasteiger partial charge in [-0.2, -0.15) is 0 Å². The fourth-order valence-corrected chi connectivity index (χ4v) is 1.99. The fourth-order valence-electron chi connectivity index (χ4n) is 1.72. The molecule has 5 nitrogen and oxygen atoms in total. The van der Waals surface area contributed by atoms with Crippen LogP contribution in [0, 0.1) is 0 Å². The molecular formula is C14H11Cl2N3O2. The van der Waals surface area contributed by atoms with Gasteiger partial charge in [0.15, 0.2) is 0 Å². The zero-order valence-electron chi connectivity index (χ0n) is 10.8. The Bertz CT molecular complexity index is 704. The van der Waals surface area contributed by atoms with Gasteiger partial charge in [0.1, 0.15) is 5.15 Å². The summed E-state index contributed by atoms with van der Waals surface area (Å²) in [5, 5.41) is 3.01. The highest BCUT2D eigenvalue weighted by molar-refractivity contribution is 6.41. The molecule has 21 heavy (non-hydrogen) atoms. The molecule has 2 aromatic rings. The number of pyridine rings is 1. The van der Waals surface area contributed by atoms with Crippen molar-refractivity contribution in [3.63, 3.8) is 0 Å². The van der Waals surface area contributed by atoms with Crippen LogP contribution < -0.4 is 11.1 Å². The molecule has 1 heterocycles. The molecular weight excluding hydrogens is 313 g/mol. The molecule has 0 saturated carbocycles. The summed E-state index contributed by atoms with van der Waals surface area (Å²) in [4.78, 5) is 27.0. The first-order valence-electron chi connectivity index (χ1n) is 5.96. The average Bonchev–Trinajstić information content (AvgIpc) is 2.43. The first-order chi connectivity index (χ1) is 9.97. The van der Waals surface area contributed by atoms with Gasteiger partial charge < -0.3 is 11.1 Å². The van der Waals surface area contributed by atoms with Crippen molar-refractivity contribution in [3.8, 4) is 0 Å². The summed E-state index contributed by atoms with van der Waals surface area (Å²) >= 11 is 11.5. The van der Waals surface area contributed by atoms with Gasteiger partial charge in [-0.15, -0.1) is 0 Å². The number of benzene rings is 1. The minimum Gasteiger partial charge on any atom is -0.369 e. The highest BCUT2D eigenvalue weighted by Crippen LogP contribution is 2.21. The molecule has 1 aromatic heterocycles. The Balaban J connectivity index is 2.23. The molecule has 0 atom stereocenters. The number of carbonyl (C=O) groups is 2. The number of aromatic nitrogens is 1. The van der Waals surface area contributed by atoms with Crippen molar-refractivity contribution in [2.75, 3.05) is 5.32 Å². The van der Waals surface area contributed by atoms with Gasteiger partial charge in [-0.05, 0) is 17.7 Å². The van der Waals surface area contributed by atoms with Crippen LogP contribution in [-0.4, -0.2) is 16.8 Å². The summed E-state index contributed by atoms with van der Waals surface area (Å²) in [6.45, 7) is 0. The number of nitrogens with one attached hydrogen (secondary N) is 1. The lowest BCUT2D eigenvalue weighted by Crippen LogP contribution is -2.17. The van der Waals surface area contributed by atoms with Crippen LogP contribution in [0.2, 0.25) is 10.2 Å². The summed E-state index contributed by atoms with van der Waals surface area (Å²) in [6.07, 6.45) is 1.36. The summed E-state index contributed by atoms with van der Waals surface area (Å²) in [7, 11) is 0. The summed E-state index contributed by atoms with van der Waals surface area (Å²) in [6, 6.07) is 8.32. The molecule has 2 rings (SSSR count). The van der Waals surface area contributed by atoms with E-state index in [-0.39, 0.29) is 22.2 Å². The van der Waals surface area contributed by atoms with Gasteiger partial charge in [0.25, 0.3) is 5.91 Å². The summed E-state index contributed by atoms with van der Waals surface area (Å²) < 4.78 is 0. The highest BCUT2D eigenvalue weighted by Gasteiger charge is 2.12.